The van der Waals surface area contributed by atoms with Crippen LogP contribution >= 0.6 is 0 Å². The maximum absolute atomic E-state index is 12.8. The number of aliphatic carboxylic acids is 1. The van der Waals surface area contributed by atoms with Gasteiger partial charge in [0, 0.05) is 12.8 Å². The van der Waals surface area contributed by atoms with Crippen LogP contribution in [0.5, 0.6) is 0 Å². The van der Waals surface area contributed by atoms with Gasteiger partial charge in [-0.2, -0.15) is 0 Å². The molecule has 0 aromatic carbocycles. The third kappa shape index (κ3) is 11.9. The van der Waals surface area contributed by atoms with Crippen LogP contribution in [0.1, 0.15) is 220 Å². The Morgan fingerprint density at radius 3 is 1.78 bits per heavy atom. The number of aliphatic hydroxyl groups excluding tert-OH is 1. The molecule has 51 heavy (non-hydrogen) atoms. The molecule has 5 nitrogen and oxygen atoms in total. The van der Waals surface area contributed by atoms with Crippen molar-refractivity contribution in [1.82, 2.24) is 0 Å². The molecule has 0 spiro atoms. The second-order valence-corrected chi connectivity index (χ2v) is 18.9. The molecule has 4 fully saturated rings. The Labute approximate surface area is 314 Å². The summed E-state index contributed by atoms with van der Waals surface area (Å²) in [6.07, 6.45) is 35.8. The molecule has 0 saturated heterocycles. The number of hydrogen-bond donors (Lipinski definition) is 2. The minimum Gasteiger partial charge on any atom is -0.481 e. The fraction of sp³-hybridized carbons (Fsp3) is 0.957. The standard InChI is InChI=1S/C46H82O5/c1-5-6-7-8-9-10-11-12-13-14-15-16-17-18-19-20-21-22-23-24-44(50)51-37-31-32-45(3)36(33-37)26-27-38-40-29-28-39(35(2)25-30-43(48)49)46(40,4)42(47)34-41(38)45/h35-42,47H,5-34H2,1-4H3,(H,48,49). The Hall–Kier alpha value is -1.10. The van der Waals surface area contributed by atoms with Crippen LogP contribution in [-0.4, -0.2) is 34.4 Å². The number of carbonyl (C=O) groups is 2. The lowest BCUT2D eigenvalue weighted by Crippen LogP contribution is -2.59. The predicted molar refractivity (Wildman–Crippen MR) is 211 cm³/mol. The Morgan fingerprint density at radius 1 is 0.686 bits per heavy atom. The third-order valence-electron chi connectivity index (χ3n) is 15.6. The first-order chi connectivity index (χ1) is 24.6. The van der Waals surface area contributed by atoms with E-state index in [1.807, 2.05) is 0 Å². The lowest BCUT2D eigenvalue weighted by Gasteiger charge is -2.62. The average molecular weight is 715 g/mol. The minimum atomic E-state index is -0.709. The van der Waals surface area contributed by atoms with Gasteiger partial charge < -0.3 is 14.9 Å². The summed E-state index contributed by atoms with van der Waals surface area (Å²) in [5.41, 5.74) is 0.120. The molecule has 0 amide bonds. The number of carboxylic acids is 1. The fourth-order valence-corrected chi connectivity index (χ4v) is 12.4. The van der Waals surface area contributed by atoms with Gasteiger partial charge in [-0.3, -0.25) is 9.59 Å². The second kappa shape index (κ2) is 21.7. The predicted octanol–water partition coefficient (Wildman–Crippen LogP) is 12.9. The molecule has 0 radical (unpaired) electrons. The van der Waals surface area contributed by atoms with Crippen molar-refractivity contribution < 1.29 is 24.5 Å². The van der Waals surface area contributed by atoms with Gasteiger partial charge in [-0.25, -0.2) is 0 Å². The summed E-state index contributed by atoms with van der Waals surface area (Å²) in [4.78, 5) is 24.1. The van der Waals surface area contributed by atoms with E-state index in [1.165, 1.54) is 128 Å². The summed E-state index contributed by atoms with van der Waals surface area (Å²) in [7, 11) is 0. The van der Waals surface area contributed by atoms with Gasteiger partial charge in [-0.15, -0.1) is 0 Å². The SMILES string of the molecule is CCCCCCCCCCCCCCCCCCCCCC(=O)OC1CCC2(C)C(CCC3C2CC(O)C2(C)C(C(C)CCC(=O)O)CCC32)C1. The molecule has 5 heteroatoms. The molecular formula is C46H82O5. The molecular weight excluding hydrogens is 633 g/mol. The molecule has 0 aromatic rings. The van der Waals surface area contributed by atoms with Gasteiger partial charge in [0.1, 0.15) is 6.10 Å². The highest BCUT2D eigenvalue weighted by atomic mass is 16.5. The molecule has 4 saturated carbocycles. The number of carboxylic acid groups (broad SMARTS) is 1. The quantitative estimate of drug-likeness (QED) is 0.0726. The number of hydrogen-bond acceptors (Lipinski definition) is 4. The van der Waals surface area contributed by atoms with E-state index in [1.54, 1.807) is 0 Å². The van der Waals surface area contributed by atoms with E-state index in [9.17, 15) is 19.8 Å². The van der Waals surface area contributed by atoms with Gasteiger partial charge in [0.05, 0.1) is 6.10 Å². The summed E-state index contributed by atoms with van der Waals surface area (Å²) in [5, 5.41) is 21.1. The van der Waals surface area contributed by atoms with Gasteiger partial charge in [-0.05, 0) is 111 Å². The zero-order chi connectivity index (χ0) is 36.7. The minimum absolute atomic E-state index is 0.0159. The van der Waals surface area contributed by atoms with Crippen molar-refractivity contribution in [2.75, 3.05) is 0 Å². The molecule has 4 rings (SSSR count). The van der Waals surface area contributed by atoms with Crippen molar-refractivity contribution in [2.24, 2.45) is 46.3 Å². The van der Waals surface area contributed by atoms with E-state index >= 15 is 0 Å². The van der Waals surface area contributed by atoms with Crippen LogP contribution in [0.4, 0.5) is 0 Å². The number of ether oxygens (including phenoxy) is 1. The molecule has 10 unspecified atom stereocenters. The maximum Gasteiger partial charge on any atom is 0.306 e. The molecule has 10 atom stereocenters. The molecule has 0 aliphatic heterocycles. The Kier molecular flexibility index (Phi) is 18.1. The average Bonchev–Trinajstić information content (AvgIpc) is 3.47. The highest BCUT2D eigenvalue weighted by Gasteiger charge is 2.63. The van der Waals surface area contributed by atoms with E-state index < -0.39 is 5.97 Å². The van der Waals surface area contributed by atoms with E-state index in [0.717, 1.165) is 44.9 Å². The normalized spacial score (nSPS) is 33.6. The number of esters is 1. The van der Waals surface area contributed by atoms with E-state index in [2.05, 4.69) is 27.7 Å². The molecule has 0 heterocycles. The highest BCUT2D eigenvalue weighted by Crippen LogP contribution is 2.68. The van der Waals surface area contributed by atoms with Crippen LogP contribution < -0.4 is 0 Å². The molecule has 2 N–H and O–H groups in total. The lowest BCUT2D eigenvalue weighted by molar-refractivity contribution is -0.181. The molecule has 0 bridgehead atoms. The van der Waals surface area contributed by atoms with Gasteiger partial charge in [0.15, 0.2) is 0 Å². The van der Waals surface area contributed by atoms with Crippen LogP contribution in [0.3, 0.4) is 0 Å². The molecule has 0 aromatic heterocycles. The first-order valence-electron chi connectivity index (χ1n) is 22.7. The van der Waals surface area contributed by atoms with E-state index in [-0.39, 0.29) is 35.4 Å². The summed E-state index contributed by atoms with van der Waals surface area (Å²) < 4.78 is 6.11. The zero-order valence-electron chi connectivity index (χ0n) is 34.0. The lowest BCUT2D eigenvalue weighted by atomic mass is 9.43. The largest absolute Gasteiger partial charge is 0.481 e. The first kappa shape index (κ1) is 42.6. The fourth-order valence-electron chi connectivity index (χ4n) is 12.4. The Morgan fingerprint density at radius 2 is 1.24 bits per heavy atom. The second-order valence-electron chi connectivity index (χ2n) is 18.9. The topological polar surface area (TPSA) is 83.8 Å². The number of aliphatic hydroxyl groups is 1. The monoisotopic (exact) mass is 715 g/mol. The van der Waals surface area contributed by atoms with Crippen LogP contribution in [-0.2, 0) is 14.3 Å². The van der Waals surface area contributed by atoms with Crippen LogP contribution in [0.25, 0.3) is 0 Å². The number of fused-ring (bicyclic) bond motifs is 5. The van der Waals surface area contributed by atoms with Crippen molar-refractivity contribution in [3.05, 3.63) is 0 Å². The van der Waals surface area contributed by atoms with Crippen LogP contribution in [0.15, 0.2) is 0 Å². The van der Waals surface area contributed by atoms with Crippen molar-refractivity contribution >= 4 is 11.9 Å². The number of carbonyl (C=O) groups excluding carboxylic acids is 1. The number of unbranched alkanes of at least 4 members (excludes halogenated alkanes) is 18. The van der Waals surface area contributed by atoms with Crippen molar-refractivity contribution in [3.8, 4) is 0 Å². The maximum atomic E-state index is 12.8. The number of rotatable bonds is 25. The first-order valence-corrected chi connectivity index (χ1v) is 22.7. The molecule has 296 valence electrons. The van der Waals surface area contributed by atoms with Crippen LogP contribution in [0.2, 0.25) is 0 Å². The highest BCUT2D eigenvalue weighted by molar-refractivity contribution is 5.69. The molecule has 4 aliphatic carbocycles. The molecule has 4 aliphatic rings. The zero-order valence-corrected chi connectivity index (χ0v) is 34.0. The smallest absolute Gasteiger partial charge is 0.306 e. The summed E-state index contributed by atoms with van der Waals surface area (Å²) in [5.74, 6) is 2.36. The summed E-state index contributed by atoms with van der Waals surface area (Å²) in [6.45, 7) is 9.37. The van der Waals surface area contributed by atoms with Crippen LogP contribution in [0, 0.1) is 46.3 Å². The van der Waals surface area contributed by atoms with Crippen molar-refractivity contribution in [3.63, 3.8) is 0 Å². The van der Waals surface area contributed by atoms with Gasteiger partial charge in [-0.1, -0.05) is 143 Å². The van der Waals surface area contributed by atoms with Crippen molar-refractivity contribution in [1.29, 1.82) is 0 Å². The van der Waals surface area contributed by atoms with Crippen molar-refractivity contribution in [2.45, 2.75) is 233 Å². The van der Waals surface area contributed by atoms with Gasteiger partial charge >= 0.3 is 11.9 Å². The van der Waals surface area contributed by atoms with E-state index in [0.29, 0.717) is 48.3 Å². The Bertz CT molecular complexity index is 1010. The Balaban J connectivity index is 1.04. The van der Waals surface area contributed by atoms with Gasteiger partial charge in [0.25, 0.3) is 0 Å². The summed E-state index contributed by atoms with van der Waals surface area (Å²) >= 11 is 0. The third-order valence-corrected chi connectivity index (χ3v) is 15.6. The van der Waals surface area contributed by atoms with E-state index in [4.69, 9.17) is 4.74 Å². The van der Waals surface area contributed by atoms with Gasteiger partial charge in [0.2, 0.25) is 0 Å². The summed E-state index contributed by atoms with van der Waals surface area (Å²) in [6, 6.07) is 0.